The molecule has 0 bridgehead atoms. The van der Waals surface area contributed by atoms with Crippen LogP contribution in [0.3, 0.4) is 0 Å². The second kappa shape index (κ2) is 9.20. The quantitative estimate of drug-likeness (QED) is 0.781. The molecule has 7 nitrogen and oxygen atoms in total. The highest BCUT2D eigenvalue weighted by molar-refractivity contribution is 6.00. The molecule has 0 radical (unpaired) electrons. The first kappa shape index (κ1) is 19.6. The zero-order valence-electron chi connectivity index (χ0n) is 16.2. The smallest absolute Gasteiger partial charge is 0.325 e. The number of ether oxygens (including phenoxy) is 1. The molecule has 1 aliphatic rings. The molecular formula is C21H25N5O2. The molecule has 1 aromatic heterocycles. The average molecular weight is 379 g/mol. The third-order valence-electron chi connectivity index (χ3n) is 4.61. The molecule has 1 unspecified atom stereocenters. The van der Waals surface area contributed by atoms with Gasteiger partial charge in [-0.15, -0.1) is 6.42 Å². The minimum atomic E-state index is -0.436. The summed E-state index contributed by atoms with van der Waals surface area (Å²) in [5.41, 5.74) is 1.96. The van der Waals surface area contributed by atoms with E-state index < -0.39 is 6.03 Å². The number of amides is 2. The Bertz CT molecular complexity index is 860. The van der Waals surface area contributed by atoms with Gasteiger partial charge in [-0.1, -0.05) is 5.92 Å². The highest BCUT2D eigenvalue weighted by Crippen LogP contribution is 2.27. The number of nitrogens with one attached hydrogen (secondary N) is 2. The summed E-state index contributed by atoms with van der Waals surface area (Å²) in [7, 11) is 2.12. The molecule has 2 heterocycles. The molecule has 1 aromatic carbocycles. The van der Waals surface area contributed by atoms with E-state index in [-0.39, 0.29) is 0 Å². The molecule has 0 saturated carbocycles. The van der Waals surface area contributed by atoms with Crippen LogP contribution in [0.2, 0.25) is 0 Å². The van der Waals surface area contributed by atoms with Crippen molar-refractivity contribution in [2.24, 2.45) is 5.92 Å². The molecule has 1 atom stereocenters. The van der Waals surface area contributed by atoms with Crippen LogP contribution in [0.4, 0.5) is 16.3 Å². The van der Waals surface area contributed by atoms with Crippen LogP contribution in [0, 0.1) is 25.2 Å². The largest absolute Gasteiger partial charge is 0.491 e. The number of piperidine rings is 1. The van der Waals surface area contributed by atoms with E-state index >= 15 is 0 Å². The van der Waals surface area contributed by atoms with Crippen molar-refractivity contribution in [3.63, 3.8) is 0 Å². The van der Waals surface area contributed by atoms with Gasteiger partial charge >= 0.3 is 6.03 Å². The lowest BCUT2D eigenvalue weighted by Gasteiger charge is -2.29. The molecule has 2 aromatic rings. The van der Waals surface area contributed by atoms with E-state index in [2.05, 4.69) is 38.5 Å². The Kier molecular flexibility index (Phi) is 6.45. The summed E-state index contributed by atoms with van der Waals surface area (Å²) in [5, 5.41) is 5.45. The highest BCUT2D eigenvalue weighted by Gasteiger charge is 2.18. The fraction of sp³-hybridized carbons (Fsp3) is 0.381. The van der Waals surface area contributed by atoms with Gasteiger partial charge in [-0.05, 0) is 51.6 Å². The zero-order chi connectivity index (χ0) is 19.9. The Labute approximate surface area is 165 Å². The molecule has 1 aliphatic heterocycles. The highest BCUT2D eigenvalue weighted by atomic mass is 16.5. The zero-order valence-corrected chi connectivity index (χ0v) is 16.2. The fourth-order valence-corrected chi connectivity index (χ4v) is 3.19. The minimum absolute atomic E-state index is 0.365. The first-order valence-electron chi connectivity index (χ1n) is 9.32. The maximum atomic E-state index is 12.4. The van der Waals surface area contributed by atoms with Crippen LogP contribution in [-0.2, 0) is 0 Å². The van der Waals surface area contributed by atoms with Gasteiger partial charge in [0.15, 0.2) is 5.82 Å². The Morgan fingerprint density at radius 2 is 2.21 bits per heavy atom. The van der Waals surface area contributed by atoms with E-state index in [9.17, 15) is 4.79 Å². The lowest BCUT2D eigenvalue weighted by molar-refractivity contribution is 0.151. The van der Waals surface area contributed by atoms with Crippen LogP contribution in [0.1, 0.15) is 24.1 Å². The Morgan fingerprint density at radius 3 is 2.93 bits per heavy atom. The normalized spacial score (nSPS) is 16.8. The van der Waals surface area contributed by atoms with E-state index in [4.69, 9.17) is 11.2 Å². The Morgan fingerprint density at radius 1 is 1.36 bits per heavy atom. The molecule has 3 rings (SSSR count). The lowest BCUT2D eigenvalue weighted by atomic mass is 9.99. The predicted octanol–water partition coefficient (Wildman–Crippen LogP) is 3.13. The molecule has 2 N–H and O–H groups in total. The van der Waals surface area contributed by atoms with E-state index in [1.165, 1.54) is 12.6 Å². The maximum Gasteiger partial charge on any atom is 0.325 e. The van der Waals surface area contributed by atoms with Crippen LogP contribution in [-0.4, -0.2) is 47.6 Å². The van der Waals surface area contributed by atoms with Crippen molar-refractivity contribution in [3.05, 3.63) is 41.9 Å². The number of aromatic nitrogens is 2. The van der Waals surface area contributed by atoms with Crippen molar-refractivity contribution in [2.75, 3.05) is 37.4 Å². The summed E-state index contributed by atoms with van der Waals surface area (Å²) < 4.78 is 6.03. The average Bonchev–Trinajstić information content (AvgIpc) is 2.68. The van der Waals surface area contributed by atoms with Crippen LogP contribution in [0.25, 0.3) is 0 Å². The van der Waals surface area contributed by atoms with Gasteiger partial charge in [0.25, 0.3) is 0 Å². The van der Waals surface area contributed by atoms with Crippen molar-refractivity contribution in [1.29, 1.82) is 0 Å². The van der Waals surface area contributed by atoms with Crippen LogP contribution < -0.4 is 15.4 Å². The van der Waals surface area contributed by atoms with Gasteiger partial charge in [-0.2, -0.15) is 0 Å². The molecule has 28 heavy (non-hydrogen) atoms. The second-order valence-electron chi connectivity index (χ2n) is 7.06. The Hall–Kier alpha value is -3.11. The number of urea groups is 1. The summed E-state index contributed by atoms with van der Waals surface area (Å²) in [6, 6.07) is 4.89. The summed E-state index contributed by atoms with van der Waals surface area (Å²) in [5.74, 6) is 4.01. The number of rotatable bonds is 5. The molecule has 0 aliphatic carbocycles. The van der Waals surface area contributed by atoms with Gasteiger partial charge in [0, 0.05) is 18.0 Å². The van der Waals surface area contributed by atoms with Gasteiger partial charge in [-0.25, -0.2) is 9.78 Å². The van der Waals surface area contributed by atoms with Crippen LogP contribution in [0.15, 0.2) is 30.6 Å². The number of anilines is 2. The standard InChI is InChI=1S/C21H25N5O2/c1-4-16-7-8-19(28-14-17-6-5-9-26(3)13-17)18(10-16)24-21(27)25-20-12-22-15(2)11-23-20/h1,7-8,10-12,17H,5-6,9,13-14H2,2-3H3,(H2,23,24,25,27). The number of hydrogen-bond acceptors (Lipinski definition) is 5. The van der Waals surface area contributed by atoms with Gasteiger partial charge in [0.05, 0.1) is 30.4 Å². The minimum Gasteiger partial charge on any atom is -0.491 e. The first-order chi connectivity index (χ1) is 13.5. The van der Waals surface area contributed by atoms with Crippen molar-refractivity contribution in [1.82, 2.24) is 14.9 Å². The number of nitrogens with zero attached hydrogens (tertiary/aromatic N) is 3. The van der Waals surface area contributed by atoms with Crippen LogP contribution >= 0.6 is 0 Å². The topological polar surface area (TPSA) is 79.4 Å². The fourth-order valence-electron chi connectivity index (χ4n) is 3.19. The first-order valence-corrected chi connectivity index (χ1v) is 9.32. The molecule has 1 fully saturated rings. The van der Waals surface area contributed by atoms with Crippen molar-refractivity contribution in [3.8, 4) is 18.1 Å². The number of terminal acetylenes is 1. The maximum absolute atomic E-state index is 12.4. The van der Waals surface area contributed by atoms with Gasteiger partial charge < -0.3 is 15.0 Å². The monoisotopic (exact) mass is 379 g/mol. The summed E-state index contributed by atoms with van der Waals surface area (Å²) in [4.78, 5) is 22.9. The SMILES string of the molecule is C#Cc1ccc(OCC2CCCN(C)C2)c(NC(=O)Nc2cnc(C)cn2)c1. The number of hydrogen-bond donors (Lipinski definition) is 2. The van der Waals surface area contributed by atoms with Gasteiger partial charge in [-0.3, -0.25) is 10.3 Å². The van der Waals surface area contributed by atoms with Gasteiger partial charge in [0.1, 0.15) is 5.75 Å². The molecular weight excluding hydrogens is 354 g/mol. The van der Waals surface area contributed by atoms with Crippen molar-refractivity contribution < 1.29 is 9.53 Å². The number of likely N-dealkylation sites (tertiary alicyclic amines) is 1. The second-order valence-corrected chi connectivity index (χ2v) is 7.06. The third-order valence-corrected chi connectivity index (χ3v) is 4.61. The van der Waals surface area contributed by atoms with E-state index in [0.717, 1.165) is 25.2 Å². The Balaban J connectivity index is 1.67. The lowest BCUT2D eigenvalue weighted by Crippen LogP contribution is -2.34. The van der Waals surface area contributed by atoms with Crippen LogP contribution in [0.5, 0.6) is 5.75 Å². The summed E-state index contributed by atoms with van der Waals surface area (Å²) in [6.07, 6.45) is 10.9. The summed E-state index contributed by atoms with van der Waals surface area (Å²) in [6.45, 7) is 4.56. The van der Waals surface area contributed by atoms with Crippen molar-refractivity contribution in [2.45, 2.75) is 19.8 Å². The molecule has 1 saturated heterocycles. The predicted molar refractivity (Wildman–Crippen MR) is 110 cm³/mol. The third kappa shape index (κ3) is 5.44. The number of carbonyl (C=O) groups is 1. The van der Waals surface area contributed by atoms with E-state index in [1.807, 2.05) is 6.92 Å². The number of benzene rings is 1. The van der Waals surface area contributed by atoms with E-state index in [0.29, 0.717) is 35.3 Å². The molecule has 146 valence electrons. The van der Waals surface area contributed by atoms with Gasteiger partial charge in [0.2, 0.25) is 0 Å². The summed E-state index contributed by atoms with van der Waals surface area (Å²) >= 11 is 0. The van der Waals surface area contributed by atoms with Crippen molar-refractivity contribution >= 4 is 17.5 Å². The molecule has 2 amide bonds. The molecule has 0 spiro atoms. The van der Waals surface area contributed by atoms with E-state index in [1.54, 1.807) is 24.4 Å². The molecule has 7 heteroatoms. The number of carbonyl (C=O) groups excluding carboxylic acids is 1. The number of aryl methyl sites for hydroxylation is 1.